The number of nitrogens with one attached hydrogen (secondary N) is 1. The molecule has 12 heteroatoms. The van der Waals surface area contributed by atoms with Gasteiger partial charge in [-0.2, -0.15) is 0 Å². The first-order valence-electron chi connectivity index (χ1n) is 12.2. The Kier molecular flexibility index (Phi) is 12.6. The standard InChI is InChI=1S/C28H34NO10P/c1-6-38-28(33)19(2)29-40(34,18-35-3)39-25-14-10-21(16-27(25)37-5)8-12-23(31)17-22(30)11-7-20-9-13-24(32)26(15-20)36-4/h7-16,19,32H,6,17-18H2,1-5H3,(H,29,34)/b11-7+,12-8+/t19-,40?/m0/s1. The Morgan fingerprint density at radius 3 is 2.05 bits per heavy atom. The lowest BCUT2D eigenvalue weighted by Gasteiger charge is -2.23. The van der Waals surface area contributed by atoms with Gasteiger partial charge in [0, 0.05) is 7.11 Å². The zero-order chi connectivity index (χ0) is 29.7. The molecule has 0 bridgehead atoms. The molecule has 0 spiro atoms. The summed E-state index contributed by atoms with van der Waals surface area (Å²) < 4.78 is 39.4. The molecule has 216 valence electrons. The molecule has 2 aromatic rings. The van der Waals surface area contributed by atoms with E-state index in [4.69, 9.17) is 23.5 Å². The summed E-state index contributed by atoms with van der Waals surface area (Å²) in [6, 6.07) is 8.36. The zero-order valence-corrected chi connectivity index (χ0v) is 23.9. The van der Waals surface area contributed by atoms with Crippen LogP contribution in [0.4, 0.5) is 0 Å². The van der Waals surface area contributed by atoms with E-state index in [1.807, 2.05) is 0 Å². The molecule has 2 aromatic carbocycles. The molecular weight excluding hydrogens is 541 g/mol. The van der Waals surface area contributed by atoms with Gasteiger partial charge in [0.1, 0.15) is 12.4 Å². The molecule has 2 rings (SSSR count). The fraction of sp³-hybridized carbons (Fsp3) is 0.321. The summed E-state index contributed by atoms with van der Waals surface area (Å²) in [4.78, 5) is 36.5. The van der Waals surface area contributed by atoms with Gasteiger partial charge in [0.15, 0.2) is 34.6 Å². The smallest absolute Gasteiger partial charge is 0.342 e. The second-order valence-corrected chi connectivity index (χ2v) is 10.4. The Balaban J connectivity index is 2.07. The molecular formula is C28H34NO10P. The maximum absolute atomic E-state index is 13.3. The van der Waals surface area contributed by atoms with Crippen molar-refractivity contribution in [3.8, 4) is 23.0 Å². The van der Waals surface area contributed by atoms with Crippen molar-refractivity contribution in [3.05, 3.63) is 59.7 Å². The van der Waals surface area contributed by atoms with E-state index >= 15 is 0 Å². The topological polar surface area (TPSA) is 147 Å². The number of allylic oxidation sites excluding steroid dienone is 2. The van der Waals surface area contributed by atoms with E-state index in [1.54, 1.807) is 31.2 Å². The Hall–Kier alpha value is -3.92. The highest BCUT2D eigenvalue weighted by Crippen LogP contribution is 2.46. The summed E-state index contributed by atoms with van der Waals surface area (Å²) in [5.41, 5.74) is 1.19. The molecule has 1 unspecified atom stereocenters. The first-order valence-corrected chi connectivity index (χ1v) is 14.0. The van der Waals surface area contributed by atoms with Crippen LogP contribution < -0.4 is 19.1 Å². The fourth-order valence-corrected chi connectivity index (χ4v) is 5.05. The SMILES string of the molecule is CCOC(=O)[C@H](C)NP(=O)(COC)Oc1ccc(/C=C/C(=O)CC(=O)/C=C/c2ccc(O)c(OC)c2)cc1OC. The third kappa shape index (κ3) is 10.00. The van der Waals surface area contributed by atoms with Crippen molar-refractivity contribution in [1.82, 2.24) is 5.09 Å². The molecule has 2 atom stereocenters. The van der Waals surface area contributed by atoms with Gasteiger partial charge >= 0.3 is 13.5 Å². The summed E-state index contributed by atoms with van der Waals surface area (Å²) >= 11 is 0. The first-order chi connectivity index (χ1) is 19.0. The highest BCUT2D eigenvalue weighted by molar-refractivity contribution is 7.57. The summed E-state index contributed by atoms with van der Waals surface area (Å²) in [5.74, 6) is -0.813. The highest BCUT2D eigenvalue weighted by atomic mass is 31.2. The van der Waals surface area contributed by atoms with E-state index in [0.29, 0.717) is 11.1 Å². The van der Waals surface area contributed by atoms with Gasteiger partial charge in [-0.15, -0.1) is 0 Å². The molecule has 40 heavy (non-hydrogen) atoms. The predicted octanol–water partition coefficient (Wildman–Crippen LogP) is 4.38. The van der Waals surface area contributed by atoms with Crippen LogP contribution in [-0.2, 0) is 28.4 Å². The number of phenolic OH excluding ortho intramolecular Hbond substituents is 1. The Morgan fingerprint density at radius 2 is 1.50 bits per heavy atom. The number of esters is 1. The third-order valence-electron chi connectivity index (χ3n) is 5.24. The molecule has 0 amide bonds. The average molecular weight is 576 g/mol. The second-order valence-electron chi connectivity index (χ2n) is 8.40. The fourth-order valence-electron chi connectivity index (χ4n) is 3.36. The number of carbonyl (C=O) groups is 3. The lowest BCUT2D eigenvalue weighted by Crippen LogP contribution is -2.35. The quantitative estimate of drug-likeness (QED) is 0.127. The number of ether oxygens (including phenoxy) is 4. The van der Waals surface area contributed by atoms with Crippen LogP contribution in [0.15, 0.2) is 48.6 Å². The zero-order valence-electron chi connectivity index (χ0n) is 23.0. The van der Waals surface area contributed by atoms with Gasteiger partial charge in [0.2, 0.25) is 0 Å². The number of hydrogen-bond acceptors (Lipinski definition) is 10. The molecule has 0 aliphatic carbocycles. The number of benzene rings is 2. The van der Waals surface area contributed by atoms with Gasteiger partial charge in [-0.1, -0.05) is 24.3 Å². The number of aromatic hydroxyl groups is 1. The Bertz CT molecular complexity index is 1300. The molecule has 0 saturated heterocycles. The maximum atomic E-state index is 13.3. The van der Waals surface area contributed by atoms with Gasteiger partial charge in [0.05, 0.1) is 27.2 Å². The lowest BCUT2D eigenvalue weighted by molar-refractivity contribution is -0.144. The van der Waals surface area contributed by atoms with Crippen LogP contribution in [0.25, 0.3) is 12.2 Å². The van der Waals surface area contributed by atoms with Gasteiger partial charge < -0.3 is 28.6 Å². The minimum atomic E-state index is -3.70. The van der Waals surface area contributed by atoms with E-state index < -0.39 is 31.1 Å². The number of rotatable bonds is 16. The monoisotopic (exact) mass is 575 g/mol. The summed E-state index contributed by atoms with van der Waals surface area (Å²) in [7, 11) is 0.457. The van der Waals surface area contributed by atoms with E-state index in [-0.39, 0.29) is 42.4 Å². The van der Waals surface area contributed by atoms with Crippen LogP contribution in [0.1, 0.15) is 31.4 Å². The van der Waals surface area contributed by atoms with Gasteiger partial charge in [-0.05, 0) is 61.4 Å². The summed E-state index contributed by atoms with van der Waals surface area (Å²) in [6.45, 7) is 3.33. The van der Waals surface area contributed by atoms with Crippen molar-refractivity contribution in [2.45, 2.75) is 26.3 Å². The normalized spacial score (nSPS) is 13.5. The van der Waals surface area contributed by atoms with Crippen LogP contribution in [-0.4, -0.2) is 63.0 Å². The van der Waals surface area contributed by atoms with Crippen LogP contribution >= 0.6 is 7.52 Å². The van der Waals surface area contributed by atoms with Crippen LogP contribution in [0.2, 0.25) is 0 Å². The summed E-state index contributed by atoms with van der Waals surface area (Å²) in [6.07, 6.45) is 4.91. The Labute approximate surface area is 233 Å². The predicted molar refractivity (Wildman–Crippen MR) is 150 cm³/mol. The minimum Gasteiger partial charge on any atom is -0.504 e. The number of carbonyl (C=O) groups excluding carboxylic acids is 3. The van der Waals surface area contributed by atoms with Gasteiger partial charge in [-0.3, -0.25) is 18.9 Å². The number of methoxy groups -OCH3 is 3. The van der Waals surface area contributed by atoms with E-state index in [2.05, 4.69) is 5.09 Å². The number of hydrogen-bond donors (Lipinski definition) is 2. The van der Waals surface area contributed by atoms with E-state index in [9.17, 15) is 24.1 Å². The molecule has 0 aliphatic rings. The molecule has 0 heterocycles. The van der Waals surface area contributed by atoms with E-state index in [1.165, 1.54) is 64.7 Å². The molecule has 0 radical (unpaired) electrons. The molecule has 0 aromatic heterocycles. The van der Waals surface area contributed by atoms with Crippen molar-refractivity contribution < 1.29 is 47.5 Å². The Morgan fingerprint density at radius 1 is 0.925 bits per heavy atom. The average Bonchev–Trinajstić information content (AvgIpc) is 2.92. The van der Waals surface area contributed by atoms with Crippen molar-refractivity contribution in [2.75, 3.05) is 34.3 Å². The molecule has 0 aliphatic heterocycles. The number of ketones is 2. The number of phenols is 1. The van der Waals surface area contributed by atoms with Crippen molar-refractivity contribution in [1.29, 1.82) is 0 Å². The second kappa shape index (κ2) is 15.6. The maximum Gasteiger partial charge on any atom is 0.342 e. The van der Waals surface area contributed by atoms with Crippen molar-refractivity contribution >= 4 is 37.2 Å². The van der Waals surface area contributed by atoms with Crippen LogP contribution in [0.3, 0.4) is 0 Å². The van der Waals surface area contributed by atoms with Crippen LogP contribution in [0, 0.1) is 0 Å². The highest BCUT2D eigenvalue weighted by Gasteiger charge is 2.31. The van der Waals surface area contributed by atoms with Crippen molar-refractivity contribution in [2.24, 2.45) is 0 Å². The largest absolute Gasteiger partial charge is 0.504 e. The van der Waals surface area contributed by atoms with Gasteiger partial charge in [0.25, 0.3) is 0 Å². The molecule has 0 fully saturated rings. The van der Waals surface area contributed by atoms with E-state index in [0.717, 1.165) is 0 Å². The van der Waals surface area contributed by atoms with Crippen LogP contribution in [0.5, 0.6) is 23.0 Å². The molecule has 2 N–H and O–H groups in total. The summed E-state index contributed by atoms with van der Waals surface area (Å²) in [5, 5.41) is 12.3. The molecule has 0 saturated carbocycles. The third-order valence-corrected chi connectivity index (χ3v) is 7.11. The van der Waals surface area contributed by atoms with Gasteiger partial charge in [-0.25, -0.2) is 5.09 Å². The lowest BCUT2D eigenvalue weighted by atomic mass is 10.1. The minimum absolute atomic E-state index is 0.0215. The first kappa shape index (κ1) is 32.3. The molecule has 11 nitrogen and oxygen atoms in total. The van der Waals surface area contributed by atoms with Crippen molar-refractivity contribution in [3.63, 3.8) is 0 Å².